The molecule has 2 rings (SSSR count). The maximum absolute atomic E-state index is 13.7. The zero-order valence-corrected chi connectivity index (χ0v) is 11.4. The van der Waals surface area contributed by atoms with Gasteiger partial charge in [0, 0.05) is 6.26 Å². The summed E-state index contributed by atoms with van der Waals surface area (Å²) < 4.78 is 41.8. The van der Waals surface area contributed by atoms with Crippen molar-refractivity contribution in [2.24, 2.45) is 0 Å². The molecule has 1 heterocycles. The first-order valence-electron chi connectivity index (χ1n) is 5.67. The number of hydrogen-bond donors (Lipinski definition) is 1. The van der Waals surface area contributed by atoms with E-state index in [1.54, 1.807) is 19.1 Å². The number of benzene rings is 1. The molecule has 6 heteroatoms. The fourth-order valence-electron chi connectivity index (χ4n) is 1.69. The molecule has 0 aliphatic carbocycles. The highest BCUT2D eigenvalue weighted by atomic mass is 32.2. The lowest BCUT2D eigenvalue weighted by atomic mass is 10.2. The van der Waals surface area contributed by atoms with Gasteiger partial charge >= 0.3 is 0 Å². The summed E-state index contributed by atoms with van der Waals surface area (Å²) in [6.45, 7) is 1.80. The van der Waals surface area contributed by atoms with Crippen LogP contribution in [0.2, 0.25) is 0 Å². The van der Waals surface area contributed by atoms with Crippen LogP contribution < -0.4 is 5.32 Å². The molecule has 0 saturated heterocycles. The molecule has 1 aromatic heterocycles. The van der Waals surface area contributed by atoms with Gasteiger partial charge in [-0.3, -0.25) is 0 Å². The average molecular weight is 283 g/mol. The summed E-state index contributed by atoms with van der Waals surface area (Å²) >= 11 is 0. The van der Waals surface area contributed by atoms with Crippen LogP contribution in [-0.4, -0.2) is 14.7 Å². The molecule has 4 nitrogen and oxygen atoms in total. The van der Waals surface area contributed by atoms with Crippen molar-refractivity contribution in [3.63, 3.8) is 0 Å². The third kappa shape index (κ3) is 3.14. The maximum atomic E-state index is 13.7. The van der Waals surface area contributed by atoms with E-state index in [4.69, 9.17) is 4.42 Å². The second kappa shape index (κ2) is 5.05. The number of hydrogen-bond acceptors (Lipinski definition) is 4. The van der Waals surface area contributed by atoms with Gasteiger partial charge in [-0.1, -0.05) is 0 Å². The average Bonchev–Trinajstić information content (AvgIpc) is 2.84. The first-order chi connectivity index (χ1) is 8.88. The van der Waals surface area contributed by atoms with E-state index in [0.29, 0.717) is 5.76 Å². The molecule has 0 amide bonds. The zero-order chi connectivity index (χ0) is 14.0. The van der Waals surface area contributed by atoms with Gasteiger partial charge in [0.2, 0.25) is 0 Å². The van der Waals surface area contributed by atoms with E-state index in [9.17, 15) is 12.8 Å². The maximum Gasteiger partial charge on any atom is 0.175 e. The summed E-state index contributed by atoms with van der Waals surface area (Å²) in [6, 6.07) is 6.89. The van der Waals surface area contributed by atoms with Crippen LogP contribution in [0.3, 0.4) is 0 Å². The largest absolute Gasteiger partial charge is 0.467 e. The lowest BCUT2D eigenvalue weighted by Gasteiger charge is -2.14. The summed E-state index contributed by atoms with van der Waals surface area (Å²) in [5.41, 5.74) is 0.131. The van der Waals surface area contributed by atoms with Crippen LogP contribution >= 0.6 is 0 Å². The van der Waals surface area contributed by atoms with E-state index >= 15 is 0 Å². The minimum absolute atomic E-state index is 0.0723. The van der Waals surface area contributed by atoms with Crippen LogP contribution in [0, 0.1) is 5.82 Å². The third-order valence-electron chi connectivity index (χ3n) is 2.71. The second-order valence-corrected chi connectivity index (χ2v) is 6.31. The van der Waals surface area contributed by atoms with Gasteiger partial charge in [-0.15, -0.1) is 0 Å². The first kappa shape index (κ1) is 13.6. The second-order valence-electron chi connectivity index (χ2n) is 4.30. The van der Waals surface area contributed by atoms with Gasteiger partial charge in [0.15, 0.2) is 9.84 Å². The lowest BCUT2D eigenvalue weighted by Crippen LogP contribution is -2.08. The first-order valence-corrected chi connectivity index (χ1v) is 7.56. The molecular weight excluding hydrogens is 269 g/mol. The zero-order valence-electron chi connectivity index (χ0n) is 10.6. The topological polar surface area (TPSA) is 59.3 Å². The molecule has 1 unspecified atom stereocenters. The Morgan fingerprint density at radius 2 is 2.05 bits per heavy atom. The summed E-state index contributed by atoms with van der Waals surface area (Å²) in [7, 11) is -3.36. The van der Waals surface area contributed by atoms with E-state index in [2.05, 4.69) is 5.32 Å². The van der Waals surface area contributed by atoms with Crippen LogP contribution in [-0.2, 0) is 9.84 Å². The molecule has 0 spiro atoms. The number of furan rings is 1. The number of sulfone groups is 1. The van der Waals surface area contributed by atoms with Gasteiger partial charge in [-0.05, 0) is 37.3 Å². The van der Waals surface area contributed by atoms with E-state index in [0.717, 1.165) is 12.3 Å². The molecule has 2 aromatic rings. The number of rotatable bonds is 4. The van der Waals surface area contributed by atoms with Crippen LogP contribution in [0.25, 0.3) is 0 Å². The predicted octanol–water partition coefficient (Wildman–Crippen LogP) is 3.00. The van der Waals surface area contributed by atoms with Gasteiger partial charge in [-0.25, -0.2) is 12.8 Å². The Labute approximate surface area is 111 Å². The van der Waals surface area contributed by atoms with Gasteiger partial charge in [0.25, 0.3) is 0 Å². The molecule has 0 radical (unpaired) electrons. The van der Waals surface area contributed by atoms with Gasteiger partial charge in [0.05, 0.1) is 22.9 Å². The van der Waals surface area contributed by atoms with Crippen LogP contribution in [0.15, 0.2) is 45.9 Å². The molecule has 19 heavy (non-hydrogen) atoms. The fourth-order valence-corrected chi connectivity index (χ4v) is 2.33. The summed E-state index contributed by atoms with van der Waals surface area (Å²) in [5.74, 6) is 0.134. The molecule has 1 aromatic carbocycles. The Hall–Kier alpha value is -1.82. The van der Waals surface area contributed by atoms with Crippen molar-refractivity contribution in [3.8, 4) is 0 Å². The smallest absolute Gasteiger partial charge is 0.175 e. The van der Waals surface area contributed by atoms with Gasteiger partial charge < -0.3 is 9.73 Å². The van der Waals surface area contributed by atoms with Crippen molar-refractivity contribution in [1.29, 1.82) is 0 Å². The molecule has 0 aliphatic heterocycles. The SMILES string of the molecule is CC(Nc1cc(S(C)(=O)=O)ccc1F)c1ccco1. The normalized spacial score (nSPS) is 13.2. The Morgan fingerprint density at radius 3 is 2.63 bits per heavy atom. The highest BCUT2D eigenvalue weighted by molar-refractivity contribution is 7.90. The predicted molar refractivity (Wildman–Crippen MR) is 70.3 cm³/mol. The van der Waals surface area contributed by atoms with E-state index in [1.807, 2.05) is 0 Å². The van der Waals surface area contributed by atoms with Crippen LogP contribution in [0.5, 0.6) is 0 Å². The quantitative estimate of drug-likeness (QED) is 0.876. The minimum Gasteiger partial charge on any atom is -0.467 e. The molecule has 1 atom stereocenters. The molecule has 0 bridgehead atoms. The number of halogens is 1. The van der Waals surface area contributed by atoms with Crippen molar-refractivity contribution in [1.82, 2.24) is 0 Å². The van der Waals surface area contributed by atoms with Crippen LogP contribution in [0.1, 0.15) is 18.7 Å². The molecule has 1 N–H and O–H groups in total. The molecule has 0 saturated carbocycles. The Morgan fingerprint density at radius 1 is 1.32 bits per heavy atom. The Kier molecular flexibility index (Phi) is 3.61. The number of anilines is 1. The van der Waals surface area contributed by atoms with Gasteiger partial charge in [-0.2, -0.15) is 0 Å². The minimum atomic E-state index is -3.36. The number of nitrogens with one attached hydrogen (secondary N) is 1. The standard InChI is InChI=1S/C13H14FNO3S/c1-9(13-4-3-7-18-13)15-12-8-10(19(2,16)17)5-6-11(12)14/h3-9,15H,1-2H3. The summed E-state index contributed by atoms with van der Waals surface area (Å²) in [4.78, 5) is 0.0723. The van der Waals surface area contributed by atoms with E-state index < -0.39 is 15.7 Å². The lowest BCUT2D eigenvalue weighted by molar-refractivity contribution is 0.489. The van der Waals surface area contributed by atoms with Crippen molar-refractivity contribution >= 4 is 15.5 Å². The van der Waals surface area contributed by atoms with Crippen molar-refractivity contribution in [3.05, 3.63) is 48.2 Å². The third-order valence-corrected chi connectivity index (χ3v) is 3.82. The van der Waals surface area contributed by atoms with Crippen molar-refractivity contribution in [2.75, 3.05) is 11.6 Å². The van der Waals surface area contributed by atoms with E-state index in [1.165, 1.54) is 18.4 Å². The van der Waals surface area contributed by atoms with Crippen molar-refractivity contribution in [2.45, 2.75) is 17.9 Å². The highest BCUT2D eigenvalue weighted by Crippen LogP contribution is 2.24. The Bertz CT molecular complexity index is 665. The fraction of sp³-hybridized carbons (Fsp3) is 0.231. The van der Waals surface area contributed by atoms with Crippen LogP contribution in [0.4, 0.5) is 10.1 Å². The monoisotopic (exact) mass is 283 g/mol. The molecular formula is C13H14FNO3S. The molecule has 102 valence electrons. The van der Waals surface area contributed by atoms with Crippen molar-refractivity contribution < 1.29 is 17.2 Å². The van der Waals surface area contributed by atoms with Gasteiger partial charge in [0.1, 0.15) is 11.6 Å². The Balaban J connectivity index is 2.30. The van der Waals surface area contributed by atoms with E-state index in [-0.39, 0.29) is 16.6 Å². The molecule has 0 fully saturated rings. The molecule has 0 aliphatic rings. The summed E-state index contributed by atoms with van der Waals surface area (Å²) in [5, 5.41) is 2.89. The highest BCUT2D eigenvalue weighted by Gasteiger charge is 2.14. The summed E-state index contributed by atoms with van der Waals surface area (Å²) in [6.07, 6.45) is 2.61.